The summed E-state index contributed by atoms with van der Waals surface area (Å²) in [4.78, 5) is 24.7. The Balaban J connectivity index is 1.67. The van der Waals surface area contributed by atoms with E-state index in [1.807, 2.05) is 25.1 Å². The standard InChI is InChI=1S/C22H22O5/c1-3-10-22(13-19-18(12-20(22)23)26-15-27-19)11-9-16(2)14-25-21(24)17-7-5-4-6-8-17/h3-9,12-13H,1,10-11,14-15H2,2H3/t22-/m1/s1. The molecule has 27 heavy (non-hydrogen) atoms. The van der Waals surface area contributed by atoms with Gasteiger partial charge in [0.15, 0.2) is 17.3 Å². The van der Waals surface area contributed by atoms with Gasteiger partial charge in [0.1, 0.15) is 6.61 Å². The fourth-order valence-corrected chi connectivity index (χ4v) is 3.02. The van der Waals surface area contributed by atoms with Crippen LogP contribution in [0.1, 0.15) is 30.1 Å². The molecule has 1 aliphatic carbocycles. The minimum atomic E-state index is -0.751. The topological polar surface area (TPSA) is 61.8 Å². The number of fused-ring (bicyclic) bond motifs is 1. The summed E-state index contributed by atoms with van der Waals surface area (Å²) in [5.41, 5.74) is 0.628. The van der Waals surface area contributed by atoms with E-state index < -0.39 is 5.41 Å². The molecule has 5 nitrogen and oxygen atoms in total. The average Bonchev–Trinajstić information content (AvgIpc) is 3.12. The normalized spacial score (nSPS) is 21.4. The van der Waals surface area contributed by atoms with Crippen molar-refractivity contribution >= 4 is 11.8 Å². The summed E-state index contributed by atoms with van der Waals surface area (Å²) < 4.78 is 16.1. The Morgan fingerprint density at radius 2 is 1.96 bits per heavy atom. The third kappa shape index (κ3) is 4.19. The van der Waals surface area contributed by atoms with Gasteiger partial charge in [-0.3, -0.25) is 4.79 Å². The first-order valence-electron chi connectivity index (χ1n) is 8.78. The highest BCUT2D eigenvalue weighted by Crippen LogP contribution is 2.40. The number of allylic oxidation sites excluding steroid dienone is 4. The van der Waals surface area contributed by atoms with Gasteiger partial charge in [0, 0.05) is 6.08 Å². The molecule has 1 aromatic rings. The molecule has 1 aromatic carbocycles. The van der Waals surface area contributed by atoms with Crippen molar-refractivity contribution in [3.63, 3.8) is 0 Å². The summed E-state index contributed by atoms with van der Waals surface area (Å²) in [7, 11) is 0. The zero-order valence-corrected chi connectivity index (χ0v) is 15.3. The zero-order chi connectivity index (χ0) is 19.3. The first-order chi connectivity index (χ1) is 13.0. The van der Waals surface area contributed by atoms with Crippen molar-refractivity contribution in [3.8, 4) is 0 Å². The number of benzene rings is 1. The molecule has 3 rings (SSSR count). The van der Waals surface area contributed by atoms with Crippen LogP contribution in [0.25, 0.3) is 0 Å². The van der Waals surface area contributed by atoms with Crippen molar-refractivity contribution in [1.29, 1.82) is 0 Å². The van der Waals surface area contributed by atoms with Crippen LogP contribution in [0.2, 0.25) is 0 Å². The van der Waals surface area contributed by atoms with E-state index in [0.717, 1.165) is 5.57 Å². The van der Waals surface area contributed by atoms with E-state index in [2.05, 4.69) is 6.58 Å². The highest BCUT2D eigenvalue weighted by molar-refractivity contribution is 5.99. The lowest BCUT2D eigenvalue weighted by Gasteiger charge is -2.28. The van der Waals surface area contributed by atoms with Gasteiger partial charge in [0.25, 0.3) is 0 Å². The number of hydrogen-bond donors (Lipinski definition) is 0. The van der Waals surface area contributed by atoms with Crippen LogP contribution in [0.4, 0.5) is 0 Å². The predicted molar refractivity (Wildman–Crippen MR) is 101 cm³/mol. The number of carbonyl (C=O) groups excluding carboxylic acids is 2. The third-order valence-corrected chi connectivity index (χ3v) is 4.60. The Morgan fingerprint density at radius 3 is 2.70 bits per heavy atom. The van der Waals surface area contributed by atoms with Crippen LogP contribution in [0.3, 0.4) is 0 Å². The van der Waals surface area contributed by atoms with Gasteiger partial charge in [-0.2, -0.15) is 0 Å². The quantitative estimate of drug-likeness (QED) is 0.537. The smallest absolute Gasteiger partial charge is 0.338 e. The Hall–Kier alpha value is -3.08. The molecule has 0 saturated carbocycles. The van der Waals surface area contributed by atoms with Crippen LogP contribution in [0.5, 0.6) is 0 Å². The van der Waals surface area contributed by atoms with Crippen LogP contribution in [0, 0.1) is 5.41 Å². The lowest BCUT2D eigenvalue weighted by atomic mass is 9.74. The number of ketones is 1. The predicted octanol–water partition coefficient (Wildman–Crippen LogP) is 4.10. The van der Waals surface area contributed by atoms with E-state index >= 15 is 0 Å². The highest BCUT2D eigenvalue weighted by atomic mass is 16.7. The maximum atomic E-state index is 12.7. The summed E-state index contributed by atoms with van der Waals surface area (Å²) in [6.07, 6.45) is 7.90. The number of esters is 1. The minimum absolute atomic E-state index is 0.0445. The summed E-state index contributed by atoms with van der Waals surface area (Å²) in [5, 5.41) is 0. The lowest BCUT2D eigenvalue weighted by Crippen LogP contribution is -2.30. The molecule has 0 bridgehead atoms. The van der Waals surface area contributed by atoms with Crippen molar-refractivity contribution in [2.24, 2.45) is 5.41 Å². The van der Waals surface area contributed by atoms with E-state index in [1.165, 1.54) is 6.08 Å². The fourth-order valence-electron chi connectivity index (χ4n) is 3.02. The molecule has 5 heteroatoms. The molecule has 0 aromatic heterocycles. The first kappa shape index (κ1) is 18.7. The van der Waals surface area contributed by atoms with E-state index in [0.29, 0.717) is 29.9 Å². The van der Waals surface area contributed by atoms with Gasteiger partial charge < -0.3 is 14.2 Å². The fraction of sp³-hybridized carbons (Fsp3) is 0.273. The van der Waals surface area contributed by atoms with Gasteiger partial charge in [-0.05, 0) is 43.5 Å². The second kappa shape index (κ2) is 8.08. The van der Waals surface area contributed by atoms with Crippen LogP contribution in [0.15, 0.2) is 78.3 Å². The van der Waals surface area contributed by atoms with Crippen molar-refractivity contribution in [2.75, 3.05) is 13.4 Å². The van der Waals surface area contributed by atoms with E-state index in [-0.39, 0.29) is 25.2 Å². The SMILES string of the molecule is C=CC[C@@]1(CC=C(C)COC(=O)c2ccccc2)C=C2OCOC2=CC1=O. The van der Waals surface area contributed by atoms with Crippen LogP contribution in [-0.2, 0) is 19.0 Å². The van der Waals surface area contributed by atoms with E-state index in [1.54, 1.807) is 30.3 Å². The molecular formula is C22H22O5. The molecule has 1 heterocycles. The Morgan fingerprint density at radius 1 is 1.22 bits per heavy atom. The molecule has 0 amide bonds. The molecule has 1 fully saturated rings. The Labute approximate surface area is 158 Å². The summed E-state index contributed by atoms with van der Waals surface area (Å²) in [6.45, 7) is 5.94. The summed E-state index contributed by atoms with van der Waals surface area (Å²) >= 11 is 0. The van der Waals surface area contributed by atoms with Gasteiger partial charge in [-0.1, -0.05) is 30.4 Å². The first-order valence-corrected chi connectivity index (χ1v) is 8.78. The van der Waals surface area contributed by atoms with E-state index in [4.69, 9.17) is 14.2 Å². The second-order valence-corrected chi connectivity index (χ2v) is 6.63. The van der Waals surface area contributed by atoms with Gasteiger partial charge in [0.05, 0.1) is 11.0 Å². The summed E-state index contributed by atoms with van der Waals surface area (Å²) in [6, 6.07) is 8.84. The number of hydrogen-bond acceptors (Lipinski definition) is 5. The molecular weight excluding hydrogens is 344 g/mol. The molecule has 0 N–H and O–H groups in total. The highest BCUT2D eigenvalue weighted by Gasteiger charge is 2.39. The average molecular weight is 366 g/mol. The van der Waals surface area contributed by atoms with Crippen molar-refractivity contribution in [3.05, 3.63) is 83.9 Å². The minimum Gasteiger partial charge on any atom is -0.458 e. The van der Waals surface area contributed by atoms with Crippen molar-refractivity contribution in [2.45, 2.75) is 19.8 Å². The van der Waals surface area contributed by atoms with Gasteiger partial charge in [0.2, 0.25) is 6.79 Å². The van der Waals surface area contributed by atoms with Gasteiger partial charge in [-0.15, -0.1) is 6.58 Å². The molecule has 1 aliphatic heterocycles. The molecule has 0 radical (unpaired) electrons. The van der Waals surface area contributed by atoms with Gasteiger partial charge in [-0.25, -0.2) is 4.79 Å². The Kier molecular flexibility index (Phi) is 5.60. The molecule has 2 aliphatic rings. The number of rotatable bonds is 7. The van der Waals surface area contributed by atoms with Crippen LogP contribution in [-0.4, -0.2) is 25.2 Å². The maximum absolute atomic E-state index is 12.7. The monoisotopic (exact) mass is 366 g/mol. The van der Waals surface area contributed by atoms with Crippen LogP contribution < -0.4 is 0 Å². The Bertz CT molecular complexity index is 832. The lowest BCUT2D eigenvalue weighted by molar-refractivity contribution is -0.121. The van der Waals surface area contributed by atoms with Gasteiger partial charge >= 0.3 is 5.97 Å². The molecule has 1 saturated heterocycles. The second-order valence-electron chi connectivity index (χ2n) is 6.63. The largest absolute Gasteiger partial charge is 0.458 e. The van der Waals surface area contributed by atoms with Crippen LogP contribution >= 0.6 is 0 Å². The molecule has 1 atom stereocenters. The van der Waals surface area contributed by atoms with Crippen molar-refractivity contribution in [1.82, 2.24) is 0 Å². The maximum Gasteiger partial charge on any atom is 0.338 e. The van der Waals surface area contributed by atoms with E-state index in [9.17, 15) is 9.59 Å². The number of ether oxygens (including phenoxy) is 3. The van der Waals surface area contributed by atoms with Crippen molar-refractivity contribution < 1.29 is 23.8 Å². The molecule has 140 valence electrons. The number of carbonyl (C=O) groups is 2. The molecule has 0 unspecified atom stereocenters. The zero-order valence-electron chi connectivity index (χ0n) is 15.3. The summed E-state index contributed by atoms with van der Waals surface area (Å²) in [5.74, 6) is 0.663. The molecule has 0 spiro atoms. The third-order valence-electron chi connectivity index (χ3n) is 4.60.